The molecule has 1 saturated heterocycles. The van der Waals surface area contributed by atoms with E-state index in [1.807, 2.05) is 42.2 Å². The first-order chi connectivity index (χ1) is 17.9. The van der Waals surface area contributed by atoms with Crippen molar-refractivity contribution < 1.29 is 18.6 Å². The lowest BCUT2D eigenvalue weighted by Crippen LogP contribution is -2.48. The molecule has 1 fully saturated rings. The van der Waals surface area contributed by atoms with Gasteiger partial charge in [-0.1, -0.05) is 54.5 Å². The van der Waals surface area contributed by atoms with Crippen molar-refractivity contribution in [3.05, 3.63) is 65.1 Å². The molecule has 2 amide bonds. The fraction of sp³-hybridized carbons (Fsp3) is 0.519. The number of carbonyl (C=O) groups is 2. The van der Waals surface area contributed by atoms with E-state index in [0.717, 1.165) is 17.7 Å². The second kappa shape index (κ2) is 14.1. The van der Waals surface area contributed by atoms with E-state index < -0.39 is 0 Å². The summed E-state index contributed by atoms with van der Waals surface area (Å²) in [5.74, 6) is 2.21. The number of aromatic nitrogens is 3. The van der Waals surface area contributed by atoms with Gasteiger partial charge in [-0.25, -0.2) is 0 Å². The number of nitrogens with zero attached hydrogens (tertiary/aromatic N) is 6. The van der Waals surface area contributed by atoms with Crippen LogP contribution in [0.4, 0.5) is 0 Å². The number of amides is 2. The highest BCUT2D eigenvalue weighted by Crippen LogP contribution is 2.14. The van der Waals surface area contributed by atoms with Crippen LogP contribution >= 0.6 is 12.4 Å². The molecule has 0 spiro atoms. The molecule has 0 saturated carbocycles. The Morgan fingerprint density at radius 2 is 1.79 bits per heavy atom. The van der Waals surface area contributed by atoms with Crippen molar-refractivity contribution in [1.82, 2.24) is 30.0 Å². The lowest BCUT2D eigenvalue weighted by molar-refractivity contribution is -0.131. The van der Waals surface area contributed by atoms with Crippen LogP contribution < -0.4 is 0 Å². The monoisotopic (exact) mass is 544 g/mol. The molecule has 3 heterocycles. The molecule has 0 atom stereocenters. The van der Waals surface area contributed by atoms with E-state index in [2.05, 4.69) is 34.0 Å². The molecule has 1 aliphatic rings. The Bertz CT molecular complexity index is 1160. The van der Waals surface area contributed by atoms with Crippen LogP contribution in [0, 0.1) is 5.92 Å². The van der Waals surface area contributed by atoms with Gasteiger partial charge in [-0.05, 0) is 18.4 Å². The number of halogens is 1. The van der Waals surface area contributed by atoms with Crippen molar-refractivity contribution in [2.75, 3.05) is 32.7 Å². The molecule has 0 N–H and O–H groups in total. The number of rotatable bonds is 11. The van der Waals surface area contributed by atoms with Gasteiger partial charge in [-0.3, -0.25) is 14.5 Å². The smallest absolute Gasteiger partial charge is 0.276 e. The maximum atomic E-state index is 12.8. The van der Waals surface area contributed by atoms with E-state index in [1.54, 1.807) is 11.0 Å². The quantitative estimate of drug-likeness (QED) is 0.360. The molecule has 0 radical (unpaired) electrons. The zero-order valence-corrected chi connectivity index (χ0v) is 23.2. The average molecular weight is 545 g/mol. The predicted molar refractivity (Wildman–Crippen MR) is 144 cm³/mol. The first kappa shape index (κ1) is 29.3. The van der Waals surface area contributed by atoms with Crippen LogP contribution in [-0.4, -0.2) is 74.5 Å². The van der Waals surface area contributed by atoms with E-state index in [4.69, 9.17) is 9.05 Å². The fourth-order valence-corrected chi connectivity index (χ4v) is 4.39. The van der Waals surface area contributed by atoms with Crippen molar-refractivity contribution in [3.8, 4) is 0 Å². The molecule has 10 nitrogen and oxygen atoms in total. The van der Waals surface area contributed by atoms with Gasteiger partial charge in [-0.15, -0.1) is 12.4 Å². The highest BCUT2D eigenvalue weighted by Gasteiger charge is 2.25. The third-order valence-corrected chi connectivity index (χ3v) is 6.43. The zero-order chi connectivity index (χ0) is 26.2. The lowest BCUT2D eigenvalue weighted by atomic mass is 10.1. The van der Waals surface area contributed by atoms with Gasteiger partial charge in [0.25, 0.3) is 5.91 Å². The minimum atomic E-state index is -0.0988. The maximum absolute atomic E-state index is 12.8. The Morgan fingerprint density at radius 3 is 2.47 bits per heavy atom. The molecule has 11 heteroatoms. The Morgan fingerprint density at radius 1 is 1.05 bits per heavy atom. The van der Waals surface area contributed by atoms with Crippen molar-refractivity contribution in [2.45, 2.75) is 53.1 Å². The lowest BCUT2D eigenvalue weighted by Gasteiger charge is -2.33. The van der Waals surface area contributed by atoms with Crippen molar-refractivity contribution in [2.24, 2.45) is 5.92 Å². The molecule has 38 heavy (non-hydrogen) atoms. The van der Waals surface area contributed by atoms with Crippen LogP contribution in [0.5, 0.6) is 0 Å². The number of piperazine rings is 1. The second-order valence-electron chi connectivity index (χ2n) is 9.84. The average Bonchev–Trinajstić information content (AvgIpc) is 3.55. The number of benzene rings is 1. The standard InChI is InChI=1S/C27H36N6O4.ClH/c1-4-32(18-21-8-6-5-7-9-21)26(34)11-10-25-28-24(30-37-25)19-31-12-14-33(15-13-31)27(35)23-17-22(36-29-23)16-20(2)3;/h5-9,17,20H,4,10-16,18-19H2,1-3H3;1H. The summed E-state index contributed by atoms with van der Waals surface area (Å²) in [6.07, 6.45) is 1.50. The summed E-state index contributed by atoms with van der Waals surface area (Å²) in [4.78, 5) is 35.8. The van der Waals surface area contributed by atoms with Crippen LogP contribution in [0.3, 0.4) is 0 Å². The first-order valence-electron chi connectivity index (χ1n) is 13.0. The van der Waals surface area contributed by atoms with Gasteiger partial charge in [0.1, 0.15) is 5.76 Å². The van der Waals surface area contributed by atoms with Crippen molar-refractivity contribution in [3.63, 3.8) is 0 Å². The predicted octanol–water partition coefficient (Wildman–Crippen LogP) is 3.62. The molecule has 1 aliphatic heterocycles. The van der Waals surface area contributed by atoms with Crippen LogP contribution in [0.15, 0.2) is 45.4 Å². The van der Waals surface area contributed by atoms with Crippen LogP contribution in [0.25, 0.3) is 0 Å². The van der Waals surface area contributed by atoms with Gasteiger partial charge in [0.2, 0.25) is 11.8 Å². The summed E-state index contributed by atoms with van der Waals surface area (Å²) in [6.45, 7) is 10.6. The van der Waals surface area contributed by atoms with Gasteiger partial charge >= 0.3 is 0 Å². The van der Waals surface area contributed by atoms with Crippen LogP contribution in [-0.2, 0) is 30.7 Å². The summed E-state index contributed by atoms with van der Waals surface area (Å²) >= 11 is 0. The fourth-order valence-electron chi connectivity index (χ4n) is 4.39. The highest BCUT2D eigenvalue weighted by molar-refractivity contribution is 5.92. The van der Waals surface area contributed by atoms with E-state index in [9.17, 15) is 9.59 Å². The van der Waals surface area contributed by atoms with Gasteiger partial charge in [0.15, 0.2) is 11.5 Å². The van der Waals surface area contributed by atoms with Gasteiger partial charge in [-0.2, -0.15) is 4.98 Å². The Hall–Kier alpha value is -3.24. The normalized spacial score (nSPS) is 13.9. The first-order valence-corrected chi connectivity index (χ1v) is 13.0. The highest BCUT2D eigenvalue weighted by atomic mass is 35.5. The zero-order valence-electron chi connectivity index (χ0n) is 22.3. The Kier molecular flexibility index (Phi) is 10.8. The Balaban J connectivity index is 0.00000400. The molecular weight excluding hydrogens is 508 g/mol. The molecule has 0 aliphatic carbocycles. The van der Waals surface area contributed by atoms with E-state index in [0.29, 0.717) is 82.0 Å². The molecule has 0 unspecified atom stereocenters. The van der Waals surface area contributed by atoms with E-state index in [-0.39, 0.29) is 24.2 Å². The third kappa shape index (κ3) is 8.13. The number of aryl methyl sites for hydroxylation is 1. The van der Waals surface area contributed by atoms with Crippen LogP contribution in [0.1, 0.15) is 60.7 Å². The third-order valence-electron chi connectivity index (χ3n) is 6.43. The van der Waals surface area contributed by atoms with Crippen LogP contribution in [0.2, 0.25) is 0 Å². The molecule has 206 valence electrons. The maximum Gasteiger partial charge on any atom is 0.276 e. The molecule has 0 bridgehead atoms. The van der Waals surface area contributed by atoms with Gasteiger partial charge < -0.3 is 18.8 Å². The number of hydrogen-bond donors (Lipinski definition) is 0. The Labute approximate surface area is 229 Å². The van der Waals surface area contributed by atoms with Crippen molar-refractivity contribution in [1.29, 1.82) is 0 Å². The second-order valence-corrected chi connectivity index (χ2v) is 9.84. The summed E-state index contributed by atoms with van der Waals surface area (Å²) in [7, 11) is 0. The molecule has 4 rings (SSSR count). The van der Waals surface area contributed by atoms with E-state index in [1.165, 1.54) is 0 Å². The number of hydrogen-bond acceptors (Lipinski definition) is 8. The minimum Gasteiger partial charge on any atom is -0.361 e. The van der Waals surface area contributed by atoms with Gasteiger partial charge in [0.05, 0.1) is 6.54 Å². The molecule has 2 aromatic heterocycles. The summed E-state index contributed by atoms with van der Waals surface area (Å²) < 4.78 is 10.7. The number of carbonyl (C=O) groups excluding carboxylic acids is 2. The van der Waals surface area contributed by atoms with Gasteiger partial charge in [0, 0.05) is 64.6 Å². The summed E-state index contributed by atoms with van der Waals surface area (Å²) in [5.41, 5.74) is 1.48. The molecular formula is C27H37ClN6O4. The summed E-state index contributed by atoms with van der Waals surface area (Å²) in [5, 5.41) is 8.05. The van der Waals surface area contributed by atoms with E-state index >= 15 is 0 Å². The molecule has 3 aromatic rings. The van der Waals surface area contributed by atoms with Crippen molar-refractivity contribution >= 4 is 24.2 Å². The SMILES string of the molecule is CCN(Cc1ccccc1)C(=O)CCc1nc(CN2CCN(C(=O)c3cc(CC(C)C)on3)CC2)no1.Cl. The molecule has 1 aromatic carbocycles. The summed E-state index contributed by atoms with van der Waals surface area (Å²) in [6, 6.07) is 11.7. The topological polar surface area (TPSA) is 109 Å². The largest absolute Gasteiger partial charge is 0.361 e. The minimum absolute atomic E-state index is 0.